The standard InChI is InChI=1S/C29H26F3N3O2.C4H8.C2H6/c1-3-21(29(30,31)32)18-26(34-24-14-8-10-20(16-24)19-33)27(36)35-25-15-9-13-23(17-25)28(37,4-2)22-11-6-5-7-12-22;1-4-2-3-4;1-2/h3,5-18,34,37H,4H2,1-2H3,(H,35,36);4H,2-3H2,1H3;1-2H3/b21-3-,26-18-;;. The van der Waals surface area contributed by atoms with E-state index in [9.17, 15) is 23.1 Å². The maximum absolute atomic E-state index is 13.5. The molecule has 228 valence electrons. The normalized spacial score (nSPS) is 14.5. The van der Waals surface area contributed by atoms with Gasteiger partial charge in [-0.2, -0.15) is 18.4 Å². The topological polar surface area (TPSA) is 85.2 Å². The van der Waals surface area contributed by atoms with Gasteiger partial charge in [-0.15, -0.1) is 0 Å². The van der Waals surface area contributed by atoms with Crippen LogP contribution in [0.1, 0.15) is 70.6 Å². The summed E-state index contributed by atoms with van der Waals surface area (Å²) < 4.78 is 40.4. The number of rotatable bonds is 8. The van der Waals surface area contributed by atoms with Crippen LogP contribution in [0.5, 0.6) is 0 Å². The molecule has 0 heterocycles. The molecule has 0 aromatic heterocycles. The maximum atomic E-state index is 13.5. The summed E-state index contributed by atoms with van der Waals surface area (Å²) in [7, 11) is 0. The predicted molar refractivity (Wildman–Crippen MR) is 167 cm³/mol. The first-order chi connectivity index (χ1) is 20.5. The average molecular weight is 592 g/mol. The van der Waals surface area contributed by atoms with Crippen LogP contribution in [0.25, 0.3) is 0 Å². The number of alkyl halides is 3. The fourth-order valence-corrected chi connectivity index (χ4v) is 3.97. The van der Waals surface area contributed by atoms with E-state index in [2.05, 4.69) is 17.6 Å². The highest BCUT2D eigenvalue weighted by molar-refractivity contribution is 6.06. The van der Waals surface area contributed by atoms with E-state index in [0.29, 0.717) is 23.6 Å². The lowest BCUT2D eigenvalue weighted by Gasteiger charge is -2.28. The summed E-state index contributed by atoms with van der Waals surface area (Å²) in [6.07, 6.45) is 0.226. The van der Waals surface area contributed by atoms with E-state index in [0.717, 1.165) is 12.0 Å². The summed E-state index contributed by atoms with van der Waals surface area (Å²) in [6, 6.07) is 23.6. The fraction of sp³-hybridized carbons (Fsp3) is 0.314. The molecule has 3 aromatic rings. The Morgan fingerprint density at radius 3 is 2.02 bits per heavy atom. The van der Waals surface area contributed by atoms with Crippen LogP contribution in [0.15, 0.2) is 102 Å². The molecule has 1 unspecified atom stereocenters. The second kappa shape index (κ2) is 16.3. The van der Waals surface area contributed by atoms with Gasteiger partial charge in [0.1, 0.15) is 11.3 Å². The van der Waals surface area contributed by atoms with Crippen LogP contribution >= 0.6 is 0 Å². The zero-order valence-electron chi connectivity index (χ0n) is 25.3. The predicted octanol–water partition coefficient (Wildman–Crippen LogP) is 9.09. The quantitative estimate of drug-likeness (QED) is 0.180. The molecule has 1 amide bonds. The van der Waals surface area contributed by atoms with Crippen molar-refractivity contribution in [3.8, 4) is 6.07 Å². The molecule has 1 saturated carbocycles. The molecule has 4 rings (SSSR count). The molecule has 0 bridgehead atoms. The van der Waals surface area contributed by atoms with E-state index in [-0.39, 0.29) is 22.6 Å². The van der Waals surface area contributed by atoms with Crippen LogP contribution in [-0.2, 0) is 10.4 Å². The minimum absolute atomic E-state index is 0.274. The van der Waals surface area contributed by atoms with Crippen molar-refractivity contribution in [3.05, 3.63) is 119 Å². The number of hydrogen-bond acceptors (Lipinski definition) is 4. The molecule has 5 nitrogen and oxygen atoms in total. The Kier molecular flexibility index (Phi) is 13.2. The Bertz CT molecular complexity index is 1440. The van der Waals surface area contributed by atoms with Gasteiger partial charge in [-0.25, -0.2) is 0 Å². The fourth-order valence-electron chi connectivity index (χ4n) is 3.97. The first kappa shape index (κ1) is 34.8. The maximum Gasteiger partial charge on any atom is 0.416 e. The van der Waals surface area contributed by atoms with Crippen molar-refractivity contribution in [2.24, 2.45) is 5.92 Å². The second-order valence-electron chi connectivity index (χ2n) is 9.91. The number of allylic oxidation sites excluding steroid dienone is 3. The molecule has 0 aliphatic heterocycles. The van der Waals surface area contributed by atoms with Gasteiger partial charge in [0.2, 0.25) is 0 Å². The van der Waals surface area contributed by atoms with Gasteiger partial charge >= 0.3 is 6.18 Å². The third-order valence-corrected chi connectivity index (χ3v) is 6.68. The first-order valence-corrected chi connectivity index (χ1v) is 14.4. The molecule has 0 saturated heterocycles. The molecule has 3 N–H and O–H groups in total. The van der Waals surface area contributed by atoms with Gasteiger partial charge in [0, 0.05) is 11.4 Å². The number of carbonyl (C=O) groups excluding carboxylic acids is 1. The summed E-state index contributed by atoms with van der Waals surface area (Å²) in [4.78, 5) is 13.2. The van der Waals surface area contributed by atoms with Gasteiger partial charge in [-0.1, -0.05) is 95.1 Å². The third kappa shape index (κ3) is 10.5. The van der Waals surface area contributed by atoms with Crippen molar-refractivity contribution in [3.63, 3.8) is 0 Å². The zero-order valence-corrected chi connectivity index (χ0v) is 25.3. The zero-order chi connectivity index (χ0) is 32.0. The van der Waals surface area contributed by atoms with Gasteiger partial charge in [-0.05, 0) is 66.8 Å². The Labute approximate surface area is 252 Å². The lowest BCUT2D eigenvalue weighted by atomic mass is 9.84. The van der Waals surface area contributed by atoms with E-state index >= 15 is 0 Å². The Morgan fingerprint density at radius 1 is 0.953 bits per heavy atom. The first-order valence-electron chi connectivity index (χ1n) is 14.4. The summed E-state index contributed by atoms with van der Waals surface area (Å²) >= 11 is 0. The number of nitrogens with one attached hydrogen (secondary N) is 2. The number of anilines is 2. The number of aliphatic hydroxyl groups is 1. The SMILES string of the molecule is C/C=C(/C=C(\Nc1cccc(C#N)c1)C(=O)Nc1cccc(C(O)(CC)c2ccccc2)c1)C(F)(F)F.CC.CC1CC1. The van der Waals surface area contributed by atoms with Crippen LogP contribution in [0.3, 0.4) is 0 Å². The van der Waals surface area contributed by atoms with Crippen molar-refractivity contribution in [2.75, 3.05) is 10.6 Å². The lowest BCUT2D eigenvalue weighted by molar-refractivity contribution is -0.112. The number of benzene rings is 3. The van der Waals surface area contributed by atoms with E-state index in [4.69, 9.17) is 5.26 Å². The van der Waals surface area contributed by atoms with Crippen molar-refractivity contribution < 1.29 is 23.1 Å². The summed E-state index contributed by atoms with van der Waals surface area (Å²) in [5.74, 6) is 0.253. The van der Waals surface area contributed by atoms with E-state index in [1.54, 1.807) is 42.5 Å². The Hall–Kier alpha value is -4.35. The minimum atomic E-state index is -4.68. The highest BCUT2D eigenvalue weighted by Crippen LogP contribution is 2.34. The summed E-state index contributed by atoms with van der Waals surface area (Å²) in [6.45, 7) is 9.33. The van der Waals surface area contributed by atoms with Crippen LogP contribution in [0.4, 0.5) is 24.5 Å². The van der Waals surface area contributed by atoms with Crippen molar-refractivity contribution in [1.29, 1.82) is 5.26 Å². The summed E-state index contributed by atoms with van der Waals surface area (Å²) in [5, 5.41) is 25.9. The monoisotopic (exact) mass is 591 g/mol. The van der Waals surface area contributed by atoms with Crippen molar-refractivity contribution in [1.82, 2.24) is 0 Å². The minimum Gasteiger partial charge on any atom is -0.380 e. The van der Waals surface area contributed by atoms with Gasteiger partial charge in [0.05, 0.1) is 17.2 Å². The van der Waals surface area contributed by atoms with E-state index in [1.165, 1.54) is 38.0 Å². The van der Waals surface area contributed by atoms with Gasteiger partial charge in [0.15, 0.2) is 0 Å². The number of carbonyl (C=O) groups is 1. The lowest BCUT2D eigenvalue weighted by Crippen LogP contribution is -2.27. The number of hydrogen-bond donors (Lipinski definition) is 3. The highest BCUT2D eigenvalue weighted by Gasteiger charge is 2.33. The van der Waals surface area contributed by atoms with Crippen LogP contribution < -0.4 is 10.6 Å². The largest absolute Gasteiger partial charge is 0.416 e. The van der Waals surface area contributed by atoms with Crippen molar-refractivity contribution in [2.45, 2.75) is 65.7 Å². The molecule has 1 fully saturated rings. The number of nitrogens with zero attached hydrogens (tertiary/aromatic N) is 1. The molecule has 8 heteroatoms. The molecule has 43 heavy (non-hydrogen) atoms. The molecule has 0 spiro atoms. The Balaban J connectivity index is 0.000000972. The average Bonchev–Trinajstić information content (AvgIpc) is 3.81. The molecule has 3 aromatic carbocycles. The van der Waals surface area contributed by atoms with Crippen LogP contribution in [-0.4, -0.2) is 17.2 Å². The second-order valence-corrected chi connectivity index (χ2v) is 9.91. The number of halogens is 3. The van der Waals surface area contributed by atoms with Crippen LogP contribution in [0, 0.1) is 17.2 Å². The smallest absolute Gasteiger partial charge is 0.380 e. The molecule has 1 atom stereocenters. The number of amides is 1. The Morgan fingerprint density at radius 2 is 1.51 bits per heavy atom. The van der Waals surface area contributed by atoms with Gasteiger partial charge in [0.25, 0.3) is 5.91 Å². The summed E-state index contributed by atoms with van der Waals surface area (Å²) in [5.41, 5.74) is -0.689. The molecule has 1 aliphatic rings. The van der Waals surface area contributed by atoms with Gasteiger partial charge < -0.3 is 15.7 Å². The van der Waals surface area contributed by atoms with Crippen molar-refractivity contribution >= 4 is 17.3 Å². The molecule has 1 aliphatic carbocycles. The third-order valence-electron chi connectivity index (χ3n) is 6.68. The number of nitriles is 1. The molecular weight excluding hydrogens is 551 g/mol. The van der Waals surface area contributed by atoms with E-state index in [1.807, 2.05) is 45.0 Å². The molecular formula is C35H40F3N3O2. The molecule has 0 radical (unpaired) electrons. The van der Waals surface area contributed by atoms with Gasteiger partial charge in [-0.3, -0.25) is 4.79 Å². The highest BCUT2D eigenvalue weighted by atomic mass is 19.4. The van der Waals surface area contributed by atoms with E-state index < -0.39 is 23.3 Å². The van der Waals surface area contributed by atoms with Crippen LogP contribution in [0.2, 0.25) is 0 Å².